The highest BCUT2D eigenvalue weighted by Gasteiger charge is 2.24. The molecule has 0 aliphatic rings. The number of ether oxygens (including phenoxy) is 2. The van der Waals surface area contributed by atoms with E-state index in [1.807, 2.05) is 95.5 Å². The Morgan fingerprint density at radius 1 is 0.730 bits per heavy atom. The van der Waals surface area contributed by atoms with E-state index in [2.05, 4.69) is 4.90 Å². The van der Waals surface area contributed by atoms with Crippen LogP contribution in [0, 0.1) is 5.41 Å². The van der Waals surface area contributed by atoms with E-state index in [4.69, 9.17) is 18.3 Å². The van der Waals surface area contributed by atoms with E-state index in [1.54, 1.807) is 25.1 Å². The van der Waals surface area contributed by atoms with Crippen molar-refractivity contribution in [3.8, 4) is 11.5 Å². The molecule has 2 aromatic carbocycles. The van der Waals surface area contributed by atoms with Crippen LogP contribution in [0.3, 0.4) is 0 Å². The summed E-state index contributed by atoms with van der Waals surface area (Å²) in [5, 5.41) is 0. The van der Waals surface area contributed by atoms with Crippen molar-refractivity contribution >= 4 is 17.1 Å². The maximum atomic E-state index is 12.4. The summed E-state index contributed by atoms with van der Waals surface area (Å²) < 4.78 is 22.4. The topological polar surface area (TPSA) is 65.1 Å². The standard InChI is InChI=1S/C31H33NO5/c1-31(2,3)30(33)37-27-12-8-23(9-13-27)28(22-6-10-26(11-7-22)36-19-16-32(4)5)29(24-14-17-34-20-24)25-15-18-35-21-25/h6-15,17-18,20-21H,16,19H2,1-5H3. The summed E-state index contributed by atoms with van der Waals surface area (Å²) in [5.74, 6) is 1.03. The van der Waals surface area contributed by atoms with Gasteiger partial charge in [0.2, 0.25) is 0 Å². The van der Waals surface area contributed by atoms with Gasteiger partial charge in [0.1, 0.15) is 18.1 Å². The maximum absolute atomic E-state index is 12.4. The van der Waals surface area contributed by atoms with Crippen LogP contribution in [0.25, 0.3) is 11.1 Å². The molecule has 0 fully saturated rings. The third-order valence-electron chi connectivity index (χ3n) is 5.79. The molecule has 0 saturated carbocycles. The lowest BCUT2D eigenvalue weighted by molar-refractivity contribution is -0.143. The first-order valence-electron chi connectivity index (χ1n) is 12.2. The Balaban J connectivity index is 1.77. The second-order valence-electron chi connectivity index (χ2n) is 10.1. The quantitative estimate of drug-likeness (QED) is 0.187. The highest BCUT2D eigenvalue weighted by molar-refractivity contribution is 6.04. The number of likely N-dealkylation sites (N-methyl/N-ethyl adjacent to an activating group) is 1. The van der Waals surface area contributed by atoms with Crippen LogP contribution in [0.2, 0.25) is 0 Å². The zero-order valence-electron chi connectivity index (χ0n) is 22.0. The molecule has 4 rings (SSSR count). The van der Waals surface area contributed by atoms with Gasteiger partial charge in [-0.25, -0.2) is 0 Å². The van der Waals surface area contributed by atoms with Crippen molar-refractivity contribution in [1.29, 1.82) is 0 Å². The van der Waals surface area contributed by atoms with E-state index in [9.17, 15) is 4.79 Å². The highest BCUT2D eigenvalue weighted by atomic mass is 16.5. The van der Waals surface area contributed by atoms with Gasteiger partial charge in [0, 0.05) is 23.2 Å². The fourth-order valence-electron chi connectivity index (χ4n) is 3.74. The first-order valence-corrected chi connectivity index (χ1v) is 12.2. The number of nitrogens with zero attached hydrogens (tertiary/aromatic N) is 1. The molecule has 2 heterocycles. The van der Waals surface area contributed by atoms with Crippen LogP contribution in [-0.2, 0) is 4.79 Å². The SMILES string of the molecule is CN(C)CCOc1ccc(C(=C(c2ccoc2)c2ccoc2)c2ccc(OC(=O)C(C)(C)C)cc2)cc1. The predicted molar refractivity (Wildman–Crippen MR) is 144 cm³/mol. The highest BCUT2D eigenvalue weighted by Crippen LogP contribution is 2.38. The molecular weight excluding hydrogens is 466 g/mol. The Labute approximate surface area is 218 Å². The summed E-state index contributed by atoms with van der Waals surface area (Å²) in [4.78, 5) is 14.5. The number of rotatable bonds is 9. The minimum absolute atomic E-state index is 0.279. The van der Waals surface area contributed by atoms with E-state index in [1.165, 1.54) is 0 Å². The van der Waals surface area contributed by atoms with Crippen molar-refractivity contribution in [2.45, 2.75) is 20.8 Å². The lowest BCUT2D eigenvalue weighted by Gasteiger charge is -2.18. The normalized spacial score (nSPS) is 11.4. The van der Waals surface area contributed by atoms with Crippen LogP contribution >= 0.6 is 0 Å². The number of carbonyl (C=O) groups excluding carboxylic acids is 1. The smallest absolute Gasteiger partial charge is 0.316 e. The number of furan rings is 2. The molecule has 37 heavy (non-hydrogen) atoms. The Hall–Kier alpha value is -4.03. The minimum atomic E-state index is -0.587. The Bertz CT molecular complexity index is 1270. The molecule has 192 valence electrons. The van der Waals surface area contributed by atoms with Crippen molar-refractivity contribution in [3.05, 3.63) is 108 Å². The summed E-state index contributed by atoms with van der Waals surface area (Å²) in [6.07, 6.45) is 6.76. The van der Waals surface area contributed by atoms with Gasteiger partial charge in [0.15, 0.2) is 0 Å². The molecule has 0 aliphatic heterocycles. The summed E-state index contributed by atoms with van der Waals surface area (Å²) >= 11 is 0. The molecule has 0 aliphatic carbocycles. The molecular formula is C31H33NO5. The lowest BCUT2D eigenvalue weighted by Crippen LogP contribution is -2.25. The first kappa shape index (κ1) is 26.0. The maximum Gasteiger partial charge on any atom is 0.316 e. The predicted octanol–water partition coefficient (Wildman–Crippen LogP) is 6.77. The molecule has 0 saturated heterocycles. The van der Waals surface area contributed by atoms with Crippen LogP contribution in [0.15, 0.2) is 94.6 Å². The second kappa shape index (κ2) is 11.4. The van der Waals surface area contributed by atoms with Crippen LogP contribution in [0.5, 0.6) is 11.5 Å². The lowest BCUT2D eigenvalue weighted by atomic mass is 9.87. The molecule has 0 N–H and O–H groups in total. The monoisotopic (exact) mass is 499 g/mol. The van der Waals surface area contributed by atoms with Crippen molar-refractivity contribution in [2.24, 2.45) is 5.41 Å². The van der Waals surface area contributed by atoms with Gasteiger partial charge in [0.05, 0.1) is 30.5 Å². The number of hydrogen-bond donors (Lipinski definition) is 0. The van der Waals surface area contributed by atoms with Crippen molar-refractivity contribution in [1.82, 2.24) is 4.90 Å². The number of hydrogen-bond acceptors (Lipinski definition) is 6. The average molecular weight is 500 g/mol. The average Bonchev–Trinajstić information content (AvgIpc) is 3.58. The van der Waals surface area contributed by atoms with E-state index in [0.29, 0.717) is 12.4 Å². The Kier molecular flexibility index (Phi) is 7.99. The van der Waals surface area contributed by atoms with Crippen LogP contribution in [0.1, 0.15) is 43.0 Å². The largest absolute Gasteiger partial charge is 0.492 e. The first-order chi connectivity index (χ1) is 17.7. The molecule has 0 amide bonds. The number of carbonyl (C=O) groups is 1. The van der Waals surface area contributed by atoms with E-state index >= 15 is 0 Å². The summed E-state index contributed by atoms with van der Waals surface area (Å²) in [6.45, 7) is 6.95. The molecule has 0 radical (unpaired) electrons. The van der Waals surface area contributed by atoms with Crippen LogP contribution in [0.4, 0.5) is 0 Å². The van der Waals surface area contributed by atoms with Gasteiger partial charge in [0.25, 0.3) is 0 Å². The Morgan fingerprint density at radius 2 is 1.22 bits per heavy atom. The van der Waals surface area contributed by atoms with Gasteiger partial charge in [-0.1, -0.05) is 24.3 Å². The van der Waals surface area contributed by atoms with Crippen LogP contribution < -0.4 is 9.47 Å². The number of esters is 1. The van der Waals surface area contributed by atoms with Crippen molar-refractivity contribution < 1.29 is 23.1 Å². The Morgan fingerprint density at radius 3 is 1.65 bits per heavy atom. The molecule has 6 heteroatoms. The van der Waals surface area contributed by atoms with Gasteiger partial charge in [-0.15, -0.1) is 0 Å². The fourth-order valence-corrected chi connectivity index (χ4v) is 3.74. The molecule has 0 spiro atoms. The summed E-state index contributed by atoms with van der Waals surface area (Å²) in [7, 11) is 4.04. The van der Waals surface area contributed by atoms with Crippen molar-refractivity contribution in [3.63, 3.8) is 0 Å². The minimum Gasteiger partial charge on any atom is -0.492 e. The fraction of sp³-hybridized carbons (Fsp3) is 0.258. The zero-order valence-corrected chi connectivity index (χ0v) is 22.0. The van der Waals surface area contributed by atoms with Gasteiger partial charge < -0.3 is 23.2 Å². The molecule has 6 nitrogen and oxygen atoms in total. The van der Waals surface area contributed by atoms with Crippen LogP contribution in [-0.4, -0.2) is 38.1 Å². The van der Waals surface area contributed by atoms with Gasteiger partial charge in [-0.3, -0.25) is 4.79 Å². The zero-order chi connectivity index (χ0) is 26.4. The molecule has 4 aromatic rings. The summed E-state index contributed by atoms with van der Waals surface area (Å²) in [5.41, 5.74) is 5.15. The van der Waals surface area contributed by atoms with Gasteiger partial charge in [-0.2, -0.15) is 0 Å². The van der Waals surface area contributed by atoms with Gasteiger partial charge >= 0.3 is 5.97 Å². The third kappa shape index (κ3) is 6.60. The second-order valence-corrected chi connectivity index (χ2v) is 10.1. The third-order valence-corrected chi connectivity index (χ3v) is 5.79. The molecule has 0 atom stereocenters. The molecule has 0 unspecified atom stereocenters. The summed E-state index contributed by atoms with van der Waals surface area (Å²) in [6, 6.07) is 19.5. The number of benzene rings is 2. The van der Waals surface area contributed by atoms with E-state index in [-0.39, 0.29) is 5.97 Å². The molecule has 2 aromatic heterocycles. The van der Waals surface area contributed by atoms with E-state index < -0.39 is 5.41 Å². The van der Waals surface area contributed by atoms with Crippen molar-refractivity contribution in [2.75, 3.05) is 27.2 Å². The molecule has 0 bridgehead atoms. The van der Waals surface area contributed by atoms with Gasteiger partial charge in [-0.05, 0) is 88.0 Å². The van der Waals surface area contributed by atoms with E-state index in [0.717, 1.165) is 45.7 Å².